The summed E-state index contributed by atoms with van der Waals surface area (Å²) >= 11 is 0. The van der Waals surface area contributed by atoms with Crippen LogP contribution >= 0.6 is 0 Å². The average Bonchev–Trinajstić information content (AvgIpc) is 2.74. The molecule has 1 aromatic carbocycles. The Morgan fingerprint density at radius 2 is 2.03 bits per heavy atom. The maximum atomic E-state index is 13.0. The molecule has 0 radical (unpaired) electrons. The fraction of sp³-hybridized carbons (Fsp3) is 0.522. The first-order valence-corrected chi connectivity index (χ1v) is 10.6. The van der Waals surface area contributed by atoms with Crippen LogP contribution in [0.3, 0.4) is 0 Å². The highest BCUT2D eigenvalue weighted by Crippen LogP contribution is 2.34. The number of carbonyl (C=O) groups is 1. The topological polar surface area (TPSA) is 72.3 Å². The van der Waals surface area contributed by atoms with Crippen LogP contribution in [-0.4, -0.2) is 60.1 Å². The van der Waals surface area contributed by atoms with Crippen LogP contribution < -0.4 is 5.32 Å². The molecule has 2 saturated heterocycles. The van der Waals surface area contributed by atoms with Crippen molar-refractivity contribution in [2.45, 2.75) is 38.1 Å². The number of amides is 2. The summed E-state index contributed by atoms with van der Waals surface area (Å²) in [4.78, 5) is 21.7. The molecule has 1 N–H and O–H groups in total. The Kier molecular flexibility index (Phi) is 5.68. The first-order chi connectivity index (χ1) is 14.0. The van der Waals surface area contributed by atoms with Gasteiger partial charge in [-0.1, -0.05) is 19.1 Å². The molecule has 2 aliphatic heterocycles. The van der Waals surface area contributed by atoms with Gasteiger partial charge in [-0.3, -0.25) is 4.98 Å². The molecule has 2 aliphatic rings. The number of hydrogen-bond acceptors (Lipinski definition) is 4. The molecular weight excluding hydrogens is 362 g/mol. The summed E-state index contributed by atoms with van der Waals surface area (Å²) in [6.45, 7) is 5.79. The number of fused-ring (bicyclic) bond motifs is 1. The van der Waals surface area contributed by atoms with Crippen molar-refractivity contribution < 1.29 is 4.79 Å². The zero-order chi connectivity index (χ0) is 20.4. The summed E-state index contributed by atoms with van der Waals surface area (Å²) in [5, 5.41) is 13.7. The van der Waals surface area contributed by atoms with Gasteiger partial charge in [-0.05, 0) is 63.0 Å². The van der Waals surface area contributed by atoms with Gasteiger partial charge in [0.05, 0.1) is 11.1 Å². The maximum Gasteiger partial charge on any atom is 0.317 e. The standard InChI is InChI=1S/C23H29N5O/c1-16-12-18(20-6-5-17(13-24)22-21(20)4-3-9-25-22)15-28(14-16)23(29)26-19-7-10-27(2)11-8-19/h3-6,9,16,18-19H,7-8,10-12,14-15H2,1-2H3,(H,26,29)/t16-,18+/m1/s1. The zero-order valence-corrected chi connectivity index (χ0v) is 17.3. The molecule has 4 rings (SSSR count). The van der Waals surface area contributed by atoms with Crippen molar-refractivity contribution in [2.24, 2.45) is 5.92 Å². The summed E-state index contributed by atoms with van der Waals surface area (Å²) in [7, 11) is 2.13. The molecule has 2 fully saturated rings. The zero-order valence-electron chi connectivity index (χ0n) is 17.3. The van der Waals surface area contributed by atoms with E-state index in [2.05, 4.69) is 41.3 Å². The molecule has 0 spiro atoms. The second kappa shape index (κ2) is 8.38. The number of aromatic nitrogens is 1. The van der Waals surface area contributed by atoms with Gasteiger partial charge in [0.25, 0.3) is 0 Å². The van der Waals surface area contributed by atoms with Crippen LogP contribution in [0.25, 0.3) is 10.9 Å². The molecule has 6 heteroatoms. The molecule has 0 aliphatic carbocycles. The highest BCUT2D eigenvalue weighted by Gasteiger charge is 2.31. The lowest BCUT2D eigenvalue weighted by Gasteiger charge is -2.38. The molecule has 3 heterocycles. The molecule has 152 valence electrons. The lowest BCUT2D eigenvalue weighted by molar-refractivity contribution is 0.150. The molecular formula is C23H29N5O. The van der Waals surface area contributed by atoms with E-state index in [0.717, 1.165) is 49.8 Å². The number of nitrogens with one attached hydrogen (secondary N) is 1. The molecule has 2 amide bonds. The Bertz CT molecular complexity index is 929. The lowest BCUT2D eigenvalue weighted by atomic mass is 9.83. The number of pyridine rings is 1. The van der Waals surface area contributed by atoms with E-state index in [1.807, 2.05) is 23.1 Å². The summed E-state index contributed by atoms with van der Waals surface area (Å²) in [6, 6.07) is 10.5. The van der Waals surface area contributed by atoms with Crippen molar-refractivity contribution >= 4 is 16.9 Å². The number of nitrogens with zero attached hydrogens (tertiary/aromatic N) is 4. The number of rotatable bonds is 2. The SMILES string of the molecule is C[C@@H]1C[C@H](c2ccc(C#N)c3ncccc23)CN(C(=O)NC2CCN(C)CC2)C1. The van der Waals surface area contributed by atoms with Gasteiger partial charge in [0.2, 0.25) is 0 Å². The van der Waals surface area contributed by atoms with Crippen LogP contribution in [0.2, 0.25) is 0 Å². The summed E-state index contributed by atoms with van der Waals surface area (Å²) < 4.78 is 0. The minimum Gasteiger partial charge on any atom is -0.335 e. The van der Waals surface area contributed by atoms with Gasteiger partial charge in [-0.2, -0.15) is 5.26 Å². The van der Waals surface area contributed by atoms with Crippen molar-refractivity contribution in [1.82, 2.24) is 20.1 Å². The van der Waals surface area contributed by atoms with Crippen LogP contribution in [0.4, 0.5) is 4.79 Å². The van der Waals surface area contributed by atoms with Crippen LogP contribution in [0.5, 0.6) is 0 Å². The van der Waals surface area contributed by atoms with Gasteiger partial charge in [-0.25, -0.2) is 4.79 Å². The summed E-state index contributed by atoms with van der Waals surface area (Å²) in [5.41, 5.74) is 2.55. The minimum absolute atomic E-state index is 0.0622. The third-order valence-electron chi connectivity index (χ3n) is 6.36. The predicted octanol–water partition coefficient (Wildman–Crippen LogP) is 3.34. The Hall–Kier alpha value is -2.65. The summed E-state index contributed by atoms with van der Waals surface area (Å²) in [6.07, 6.45) is 4.80. The van der Waals surface area contributed by atoms with E-state index in [1.54, 1.807) is 6.20 Å². The van der Waals surface area contributed by atoms with Gasteiger partial charge in [0, 0.05) is 36.6 Å². The first-order valence-electron chi connectivity index (χ1n) is 10.6. The fourth-order valence-corrected chi connectivity index (χ4v) is 4.80. The third-order valence-corrected chi connectivity index (χ3v) is 6.36. The van der Waals surface area contributed by atoms with E-state index in [1.165, 1.54) is 5.56 Å². The third kappa shape index (κ3) is 4.20. The first kappa shape index (κ1) is 19.7. The molecule has 1 aromatic heterocycles. The number of urea groups is 1. The largest absolute Gasteiger partial charge is 0.335 e. The molecule has 6 nitrogen and oxygen atoms in total. The fourth-order valence-electron chi connectivity index (χ4n) is 4.80. The van der Waals surface area contributed by atoms with Gasteiger partial charge in [0.1, 0.15) is 6.07 Å². The number of benzene rings is 1. The molecule has 0 bridgehead atoms. The van der Waals surface area contributed by atoms with E-state index < -0.39 is 0 Å². The van der Waals surface area contributed by atoms with Crippen molar-refractivity contribution in [3.05, 3.63) is 41.6 Å². The molecule has 2 atom stereocenters. The molecule has 29 heavy (non-hydrogen) atoms. The lowest BCUT2D eigenvalue weighted by Crippen LogP contribution is -2.52. The van der Waals surface area contributed by atoms with Crippen molar-refractivity contribution in [3.63, 3.8) is 0 Å². The Morgan fingerprint density at radius 3 is 2.79 bits per heavy atom. The van der Waals surface area contributed by atoms with Crippen LogP contribution in [0.1, 0.15) is 43.2 Å². The molecule has 0 saturated carbocycles. The predicted molar refractivity (Wildman–Crippen MR) is 114 cm³/mol. The highest BCUT2D eigenvalue weighted by atomic mass is 16.2. The molecule has 0 unspecified atom stereocenters. The monoisotopic (exact) mass is 391 g/mol. The van der Waals surface area contributed by atoms with Crippen molar-refractivity contribution in [3.8, 4) is 6.07 Å². The maximum absolute atomic E-state index is 13.0. The average molecular weight is 392 g/mol. The van der Waals surface area contributed by atoms with E-state index in [0.29, 0.717) is 18.0 Å². The van der Waals surface area contributed by atoms with Gasteiger partial charge < -0.3 is 15.1 Å². The van der Waals surface area contributed by atoms with Crippen LogP contribution in [0.15, 0.2) is 30.5 Å². The quantitative estimate of drug-likeness (QED) is 0.852. The Labute approximate surface area is 172 Å². The Morgan fingerprint density at radius 1 is 1.24 bits per heavy atom. The molecule has 2 aromatic rings. The van der Waals surface area contributed by atoms with Gasteiger partial charge in [-0.15, -0.1) is 0 Å². The van der Waals surface area contributed by atoms with Crippen LogP contribution in [-0.2, 0) is 0 Å². The number of carbonyl (C=O) groups excluding carboxylic acids is 1. The van der Waals surface area contributed by atoms with Gasteiger partial charge >= 0.3 is 6.03 Å². The minimum atomic E-state index is 0.0622. The number of piperidine rings is 2. The highest BCUT2D eigenvalue weighted by molar-refractivity contribution is 5.87. The van der Waals surface area contributed by atoms with Crippen molar-refractivity contribution in [2.75, 3.05) is 33.2 Å². The van der Waals surface area contributed by atoms with Gasteiger partial charge in [0.15, 0.2) is 0 Å². The van der Waals surface area contributed by atoms with Crippen molar-refractivity contribution in [1.29, 1.82) is 5.26 Å². The van der Waals surface area contributed by atoms with E-state index in [-0.39, 0.29) is 18.0 Å². The smallest absolute Gasteiger partial charge is 0.317 e. The van der Waals surface area contributed by atoms with E-state index >= 15 is 0 Å². The Balaban J connectivity index is 1.53. The van der Waals surface area contributed by atoms with E-state index in [9.17, 15) is 10.1 Å². The second-order valence-electron chi connectivity index (χ2n) is 8.68. The van der Waals surface area contributed by atoms with Crippen LogP contribution in [0, 0.1) is 17.2 Å². The normalized spacial score (nSPS) is 23.7. The summed E-state index contributed by atoms with van der Waals surface area (Å²) in [5.74, 6) is 0.681. The van der Waals surface area contributed by atoms with E-state index in [4.69, 9.17) is 0 Å². The number of hydrogen-bond donors (Lipinski definition) is 1. The second-order valence-corrected chi connectivity index (χ2v) is 8.68. The number of likely N-dealkylation sites (tertiary alicyclic amines) is 2. The number of nitriles is 1.